The van der Waals surface area contributed by atoms with Gasteiger partial charge in [-0.3, -0.25) is 0 Å². The fourth-order valence-electron chi connectivity index (χ4n) is 4.01. The number of benzene rings is 5. The molecule has 2 heterocycles. The van der Waals surface area contributed by atoms with Crippen LogP contribution in [-0.2, 0) is 0 Å². The Kier molecular flexibility index (Phi) is 4.80. The van der Waals surface area contributed by atoms with E-state index in [0.717, 1.165) is 0 Å². The second-order valence-corrected chi connectivity index (χ2v) is 6.94. The molecule has 7 aromatic rings. The van der Waals surface area contributed by atoms with E-state index in [4.69, 9.17) is 0 Å². The van der Waals surface area contributed by atoms with Crippen LogP contribution in [0.3, 0.4) is 0 Å². The predicted molar refractivity (Wildman–Crippen MR) is 125 cm³/mol. The molecule has 0 aliphatic rings. The zero-order valence-electron chi connectivity index (χ0n) is 16.3. The monoisotopic (exact) mass is 388 g/mol. The Hall–Kier alpha value is -4.18. The van der Waals surface area contributed by atoms with Gasteiger partial charge in [-0.05, 0) is 43.1 Å². The number of nitrogens with zero attached hydrogens (tertiary/aromatic N) is 2. The number of rotatable bonds is 0. The van der Waals surface area contributed by atoms with Crippen molar-refractivity contribution in [3.63, 3.8) is 0 Å². The smallest absolute Gasteiger partial charge is 0.0919 e. The highest BCUT2D eigenvalue weighted by Crippen LogP contribution is 2.39. The van der Waals surface area contributed by atoms with Crippen LogP contribution in [0.4, 0.5) is 0 Å². The Balaban J connectivity index is 0.000000159. The summed E-state index contributed by atoms with van der Waals surface area (Å²) in [5.41, 5.74) is 0. The third-order valence-electron chi connectivity index (χ3n) is 5.20. The molecule has 4 nitrogen and oxygen atoms in total. The summed E-state index contributed by atoms with van der Waals surface area (Å²) >= 11 is 0. The van der Waals surface area contributed by atoms with E-state index < -0.39 is 0 Å². The molecule has 5 aromatic carbocycles. The second-order valence-electron chi connectivity index (χ2n) is 6.94. The molecule has 0 aliphatic heterocycles. The normalized spacial score (nSPS) is 10.7. The molecule has 0 aliphatic carbocycles. The maximum absolute atomic E-state index is 3.67. The van der Waals surface area contributed by atoms with Gasteiger partial charge in [0.15, 0.2) is 0 Å². The molecule has 0 fully saturated rings. The highest BCUT2D eigenvalue weighted by atomic mass is 14.8. The van der Waals surface area contributed by atoms with E-state index in [1.165, 1.54) is 43.1 Å². The third-order valence-corrected chi connectivity index (χ3v) is 5.20. The van der Waals surface area contributed by atoms with Crippen LogP contribution in [0.15, 0.2) is 110 Å². The quantitative estimate of drug-likeness (QED) is 0.228. The number of hydrogen-bond acceptors (Lipinski definition) is 2. The molecule has 144 valence electrons. The summed E-state index contributed by atoms with van der Waals surface area (Å²) in [6.45, 7) is 0. The van der Waals surface area contributed by atoms with Crippen LogP contribution in [0.1, 0.15) is 0 Å². The van der Waals surface area contributed by atoms with Gasteiger partial charge in [0, 0.05) is 24.8 Å². The van der Waals surface area contributed by atoms with E-state index in [0.29, 0.717) is 0 Å². The van der Waals surface area contributed by atoms with E-state index in [2.05, 4.69) is 92.7 Å². The minimum atomic E-state index is 1.33. The van der Waals surface area contributed by atoms with E-state index in [1.807, 2.05) is 0 Å². The molecule has 0 radical (unpaired) electrons. The van der Waals surface area contributed by atoms with Crippen molar-refractivity contribution in [1.82, 2.24) is 19.9 Å². The molecule has 30 heavy (non-hydrogen) atoms. The average molecular weight is 388 g/mol. The van der Waals surface area contributed by atoms with Crippen molar-refractivity contribution in [3.05, 3.63) is 110 Å². The van der Waals surface area contributed by atoms with Crippen LogP contribution in [0, 0.1) is 0 Å². The topological polar surface area (TPSA) is 57.4 Å². The van der Waals surface area contributed by atoms with Crippen molar-refractivity contribution >= 4 is 43.1 Å². The fraction of sp³-hybridized carbons (Fsp3) is 0. The number of aromatic amines is 2. The summed E-state index contributed by atoms with van der Waals surface area (Å²) in [5.74, 6) is 0. The lowest BCUT2D eigenvalue weighted by molar-refractivity contribution is 1.31. The van der Waals surface area contributed by atoms with Crippen molar-refractivity contribution in [2.24, 2.45) is 0 Å². The van der Waals surface area contributed by atoms with Crippen LogP contribution in [0.5, 0.6) is 0 Å². The van der Waals surface area contributed by atoms with Crippen molar-refractivity contribution in [1.29, 1.82) is 0 Å². The predicted octanol–water partition coefficient (Wildman–Crippen LogP) is 6.56. The van der Waals surface area contributed by atoms with Gasteiger partial charge in [0.25, 0.3) is 0 Å². The van der Waals surface area contributed by atoms with Crippen molar-refractivity contribution in [3.8, 4) is 0 Å². The maximum atomic E-state index is 3.67. The first-order chi connectivity index (χ1) is 14.9. The fourth-order valence-corrected chi connectivity index (χ4v) is 4.01. The number of H-pyrrole nitrogens is 2. The number of hydrogen-bond donors (Lipinski definition) is 2. The van der Waals surface area contributed by atoms with Gasteiger partial charge in [-0.1, -0.05) is 72.8 Å². The van der Waals surface area contributed by atoms with Gasteiger partial charge in [-0.25, -0.2) is 9.97 Å². The van der Waals surface area contributed by atoms with E-state index >= 15 is 0 Å². The molecular weight excluding hydrogens is 368 g/mol. The first-order valence-electron chi connectivity index (χ1n) is 9.83. The third kappa shape index (κ3) is 3.25. The summed E-state index contributed by atoms with van der Waals surface area (Å²) in [7, 11) is 0. The molecule has 4 heteroatoms. The Labute approximate surface area is 173 Å². The summed E-state index contributed by atoms with van der Waals surface area (Å²) < 4.78 is 0. The highest BCUT2D eigenvalue weighted by molar-refractivity contribution is 6.32. The van der Waals surface area contributed by atoms with E-state index in [-0.39, 0.29) is 0 Å². The maximum Gasteiger partial charge on any atom is 0.0919 e. The van der Waals surface area contributed by atoms with E-state index in [1.54, 1.807) is 37.4 Å². The van der Waals surface area contributed by atoms with Gasteiger partial charge in [0.1, 0.15) is 0 Å². The zero-order chi connectivity index (χ0) is 20.2. The lowest BCUT2D eigenvalue weighted by atomic mass is 9.90. The minimum absolute atomic E-state index is 1.33. The summed E-state index contributed by atoms with van der Waals surface area (Å²) in [5, 5.41) is 10.9. The summed E-state index contributed by atoms with van der Waals surface area (Å²) in [4.78, 5) is 12.8. The molecule has 7 rings (SSSR count). The minimum Gasteiger partial charge on any atom is -0.351 e. The second kappa shape index (κ2) is 8.05. The van der Waals surface area contributed by atoms with Gasteiger partial charge in [0.05, 0.1) is 12.7 Å². The molecule has 0 amide bonds. The average Bonchev–Trinajstić information content (AvgIpc) is 3.57. The van der Waals surface area contributed by atoms with Crippen LogP contribution < -0.4 is 0 Å². The largest absolute Gasteiger partial charge is 0.351 e. The Morgan fingerprint density at radius 2 is 0.833 bits per heavy atom. The molecule has 0 bridgehead atoms. The summed E-state index contributed by atoms with van der Waals surface area (Å²) in [6.07, 6.45) is 10.2. The SMILES string of the molecule is c1c[nH]cn1.c1c[nH]cn1.c1cc2cccc3c4cccc5cccc(c(c1)c23)c54. The van der Waals surface area contributed by atoms with Crippen LogP contribution in [-0.4, -0.2) is 19.9 Å². The molecule has 0 unspecified atom stereocenters. The van der Waals surface area contributed by atoms with Gasteiger partial charge in [-0.15, -0.1) is 0 Å². The first-order valence-corrected chi connectivity index (χ1v) is 9.83. The van der Waals surface area contributed by atoms with Crippen molar-refractivity contribution in [2.45, 2.75) is 0 Å². The van der Waals surface area contributed by atoms with Crippen molar-refractivity contribution < 1.29 is 0 Å². The van der Waals surface area contributed by atoms with Crippen LogP contribution in [0.25, 0.3) is 43.1 Å². The first kappa shape index (κ1) is 17.9. The van der Waals surface area contributed by atoms with Gasteiger partial charge in [0.2, 0.25) is 0 Å². The molecule has 0 atom stereocenters. The number of nitrogens with one attached hydrogen (secondary N) is 2. The van der Waals surface area contributed by atoms with Gasteiger partial charge >= 0.3 is 0 Å². The Morgan fingerprint density at radius 3 is 1.07 bits per heavy atom. The standard InChI is InChI=1S/C20H12.2C3H4N2/c1-5-13-6-2-11-17-18-12-4-8-14-7-3-10-16(20(14)18)15(9-1)19(13)17;2*1-2-5-3-4-1/h1-12H;2*1-3H,(H,4,5). The number of fused-ring (bicyclic) bond motifs is 2. The van der Waals surface area contributed by atoms with Crippen LogP contribution in [0.2, 0.25) is 0 Å². The van der Waals surface area contributed by atoms with Crippen molar-refractivity contribution in [2.75, 3.05) is 0 Å². The lowest BCUT2D eigenvalue weighted by Gasteiger charge is -2.13. The van der Waals surface area contributed by atoms with E-state index in [9.17, 15) is 0 Å². The Morgan fingerprint density at radius 1 is 0.467 bits per heavy atom. The molecular formula is C26H20N4. The molecule has 0 saturated carbocycles. The molecule has 2 aromatic heterocycles. The molecule has 0 saturated heterocycles. The number of imidazole rings is 2. The summed E-state index contributed by atoms with van der Waals surface area (Å²) in [6, 6.07) is 26.4. The zero-order valence-corrected chi connectivity index (χ0v) is 16.3. The molecule has 2 N–H and O–H groups in total. The number of aromatic nitrogens is 4. The van der Waals surface area contributed by atoms with Gasteiger partial charge < -0.3 is 9.97 Å². The molecule has 0 spiro atoms. The lowest BCUT2D eigenvalue weighted by Crippen LogP contribution is -1.85. The van der Waals surface area contributed by atoms with Gasteiger partial charge in [-0.2, -0.15) is 0 Å². The highest BCUT2D eigenvalue weighted by Gasteiger charge is 2.11. The van der Waals surface area contributed by atoms with Crippen LogP contribution >= 0.6 is 0 Å². The Bertz CT molecular complexity index is 1250.